The first kappa shape index (κ1) is 19.8. The van der Waals surface area contributed by atoms with E-state index in [2.05, 4.69) is 0 Å². The summed E-state index contributed by atoms with van der Waals surface area (Å²) in [7, 11) is 0. The number of halogens is 1. The molecule has 1 amide bonds. The van der Waals surface area contributed by atoms with E-state index in [0.29, 0.717) is 31.6 Å². The SMILES string of the molecule is CC(C)(C)OC(=O)N(CCCc1cccc(F)c1)Cc1cccc(N)c1. The molecule has 2 N–H and O–H groups in total. The van der Waals surface area contributed by atoms with Crippen LogP contribution in [-0.2, 0) is 17.7 Å². The number of benzene rings is 2. The third-order valence-electron chi connectivity index (χ3n) is 3.76. The minimum Gasteiger partial charge on any atom is -0.444 e. The average molecular weight is 358 g/mol. The second-order valence-electron chi connectivity index (χ2n) is 7.38. The van der Waals surface area contributed by atoms with Gasteiger partial charge in [0.25, 0.3) is 0 Å². The summed E-state index contributed by atoms with van der Waals surface area (Å²) in [6, 6.07) is 14.0. The zero-order valence-corrected chi connectivity index (χ0v) is 15.7. The summed E-state index contributed by atoms with van der Waals surface area (Å²) in [6.45, 7) is 6.46. The number of carbonyl (C=O) groups excluding carboxylic acids is 1. The van der Waals surface area contributed by atoms with E-state index in [0.717, 1.165) is 11.1 Å². The highest BCUT2D eigenvalue weighted by atomic mass is 19.1. The number of nitrogens with two attached hydrogens (primary N) is 1. The monoisotopic (exact) mass is 358 g/mol. The number of aryl methyl sites for hydroxylation is 1. The fraction of sp³-hybridized carbons (Fsp3) is 0.381. The molecule has 0 saturated carbocycles. The summed E-state index contributed by atoms with van der Waals surface area (Å²) in [5, 5.41) is 0. The Kier molecular flexibility index (Phi) is 6.61. The van der Waals surface area contributed by atoms with Gasteiger partial charge in [0, 0.05) is 18.8 Å². The lowest BCUT2D eigenvalue weighted by atomic mass is 10.1. The molecule has 26 heavy (non-hydrogen) atoms. The molecule has 0 aliphatic heterocycles. The Balaban J connectivity index is 2.03. The molecular weight excluding hydrogens is 331 g/mol. The summed E-state index contributed by atoms with van der Waals surface area (Å²) in [6.07, 6.45) is 1.04. The van der Waals surface area contributed by atoms with Gasteiger partial charge >= 0.3 is 6.09 Å². The maximum absolute atomic E-state index is 13.3. The van der Waals surface area contributed by atoms with Gasteiger partial charge in [0.2, 0.25) is 0 Å². The Morgan fingerprint density at radius 2 is 1.81 bits per heavy atom. The molecule has 2 aromatic rings. The molecular formula is C21H27FN2O2. The number of anilines is 1. The van der Waals surface area contributed by atoms with Crippen LogP contribution < -0.4 is 5.73 Å². The molecule has 2 aromatic carbocycles. The van der Waals surface area contributed by atoms with Gasteiger partial charge in [-0.1, -0.05) is 24.3 Å². The van der Waals surface area contributed by atoms with Crippen LogP contribution in [0.3, 0.4) is 0 Å². The van der Waals surface area contributed by atoms with Crippen molar-refractivity contribution in [2.45, 2.75) is 45.8 Å². The number of hydrogen-bond acceptors (Lipinski definition) is 3. The number of hydrogen-bond donors (Lipinski definition) is 1. The second-order valence-corrected chi connectivity index (χ2v) is 7.38. The van der Waals surface area contributed by atoms with Crippen LogP contribution >= 0.6 is 0 Å². The van der Waals surface area contributed by atoms with Gasteiger partial charge in [-0.25, -0.2) is 9.18 Å². The van der Waals surface area contributed by atoms with E-state index in [1.807, 2.05) is 51.1 Å². The fourth-order valence-corrected chi connectivity index (χ4v) is 2.64. The summed E-state index contributed by atoms with van der Waals surface area (Å²) in [5.74, 6) is -0.244. The molecule has 0 atom stereocenters. The van der Waals surface area contributed by atoms with Crippen molar-refractivity contribution in [2.24, 2.45) is 0 Å². The summed E-state index contributed by atoms with van der Waals surface area (Å²) >= 11 is 0. The quantitative estimate of drug-likeness (QED) is 0.756. The molecule has 0 saturated heterocycles. The molecule has 0 bridgehead atoms. The predicted octanol–water partition coefficient (Wildman–Crippen LogP) is 4.78. The van der Waals surface area contributed by atoms with Gasteiger partial charge in [-0.15, -0.1) is 0 Å². The molecule has 0 aliphatic carbocycles. The van der Waals surface area contributed by atoms with Crippen LogP contribution in [0.4, 0.5) is 14.9 Å². The van der Waals surface area contributed by atoms with Crippen molar-refractivity contribution in [3.8, 4) is 0 Å². The smallest absolute Gasteiger partial charge is 0.410 e. The summed E-state index contributed by atoms with van der Waals surface area (Å²) < 4.78 is 18.8. The molecule has 0 fully saturated rings. The van der Waals surface area contributed by atoms with Crippen LogP contribution in [0.15, 0.2) is 48.5 Å². The second kappa shape index (κ2) is 8.70. The Labute approximate surface area is 154 Å². The van der Waals surface area contributed by atoms with E-state index in [1.54, 1.807) is 11.0 Å². The van der Waals surface area contributed by atoms with Crippen molar-refractivity contribution in [3.05, 3.63) is 65.5 Å². The fourth-order valence-electron chi connectivity index (χ4n) is 2.64. The number of nitrogen functional groups attached to an aromatic ring is 1. The minimum absolute atomic E-state index is 0.244. The lowest BCUT2D eigenvalue weighted by Crippen LogP contribution is -2.37. The van der Waals surface area contributed by atoms with Gasteiger partial charge in [0.05, 0.1) is 0 Å². The molecule has 5 heteroatoms. The molecule has 2 rings (SSSR count). The van der Waals surface area contributed by atoms with Gasteiger partial charge < -0.3 is 15.4 Å². The van der Waals surface area contributed by atoms with Crippen LogP contribution in [0.25, 0.3) is 0 Å². The van der Waals surface area contributed by atoms with Gasteiger partial charge in [-0.05, 0) is 69.0 Å². The third-order valence-corrected chi connectivity index (χ3v) is 3.76. The highest BCUT2D eigenvalue weighted by Gasteiger charge is 2.22. The first-order valence-electron chi connectivity index (χ1n) is 8.80. The zero-order valence-electron chi connectivity index (χ0n) is 15.7. The highest BCUT2D eigenvalue weighted by molar-refractivity contribution is 5.68. The predicted molar refractivity (Wildman–Crippen MR) is 102 cm³/mol. The van der Waals surface area contributed by atoms with E-state index >= 15 is 0 Å². The number of nitrogens with zero attached hydrogens (tertiary/aromatic N) is 1. The Morgan fingerprint density at radius 1 is 1.12 bits per heavy atom. The first-order chi connectivity index (χ1) is 12.2. The Hall–Kier alpha value is -2.56. The summed E-state index contributed by atoms with van der Waals surface area (Å²) in [5.41, 5.74) is 7.79. The van der Waals surface area contributed by atoms with E-state index < -0.39 is 5.60 Å². The van der Waals surface area contributed by atoms with E-state index in [1.165, 1.54) is 12.1 Å². The first-order valence-corrected chi connectivity index (χ1v) is 8.80. The molecule has 0 heterocycles. The van der Waals surface area contributed by atoms with E-state index in [9.17, 15) is 9.18 Å². The molecule has 0 aromatic heterocycles. The van der Waals surface area contributed by atoms with Crippen molar-refractivity contribution < 1.29 is 13.9 Å². The summed E-state index contributed by atoms with van der Waals surface area (Å²) in [4.78, 5) is 14.2. The van der Waals surface area contributed by atoms with Crippen molar-refractivity contribution in [1.82, 2.24) is 4.90 Å². The highest BCUT2D eigenvalue weighted by Crippen LogP contribution is 2.16. The largest absolute Gasteiger partial charge is 0.444 e. The minimum atomic E-state index is -0.562. The van der Waals surface area contributed by atoms with Crippen molar-refractivity contribution in [1.29, 1.82) is 0 Å². The van der Waals surface area contributed by atoms with E-state index in [-0.39, 0.29) is 11.9 Å². The van der Waals surface area contributed by atoms with Crippen molar-refractivity contribution >= 4 is 11.8 Å². The third kappa shape index (κ3) is 6.75. The van der Waals surface area contributed by atoms with Crippen LogP contribution in [0, 0.1) is 5.82 Å². The van der Waals surface area contributed by atoms with Crippen molar-refractivity contribution in [2.75, 3.05) is 12.3 Å². The zero-order chi connectivity index (χ0) is 19.2. The van der Waals surface area contributed by atoms with Gasteiger partial charge in [0.1, 0.15) is 11.4 Å². The van der Waals surface area contributed by atoms with Crippen LogP contribution in [0.2, 0.25) is 0 Å². The molecule has 0 unspecified atom stereocenters. The maximum Gasteiger partial charge on any atom is 0.410 e. The molecule has 140 valence electrons. The molecule has 0 spiro atoms. The van der Waals surface area contributed by atoms with Gasteiger partial charge in [-0.3, -0.25) is 0 Å². The van der Waals surface area contributed by atoms with Crippen LogP contribution in [-0.4, -0.2) is 23.1 Å². The number of ether oxygens (including phenoxy) is 1. The number of carbonyl (C=O) groups is 1. The molecule has 0 radical (unpaired) electrons. The van der Waals surface area contributed by atoms with Gasteiger partial charge in [-0.2, -0.15) is 0 Å². The van der Waals surface area contributed by atoms with Crippen molar-refractivity contribution in [3.63, 3.8) is 0 Å². The maximum atomic E-state index is 13.3. The normalized spacial score (nSPS) is 11.2. The van der Waals surface area contributed by atoms with E-state index in [4.69, 9.17) is 10.5 Å². The van der Waals surface area contributed by atoms with Crippen LogP contribution in [0.1, 0.15) is 38.3 Å². The standard InChI is InChI=1S/C21H27FN2O2/c1-21(2,3)26-20(25)24(15-17-8-5-11-19(23)14-17)12-6-9-16-7-4-10-18(22)13-16/h4-5,7-8,10-11,13-14H,6,9,12,15,23H2,1-3H3. The van der Waals surface area contributed by atoms with Gasteiger partial charge in [0.15, 0.2) is 0 Å². The molecule has 0 aliphatic rings. The Morgan fingerprint density at radius 3 is 2.46 bits per heavy atom. The lowest BCUT2D eigenvalue weighted by molar-refractivity contribution is 0.0231. The lowest BCUT2D eigenvalue weighted by Gasteiger charge is -2.27. The number of rotatable bonds is 6. The molecule has 4 nitrogen and oxygen atoms in total. The number of amides is 1. The topological polar surface area (TPSA) is 55.6 Å². The van der Waals surface area contributed by atoms with Crippen LogP contribution in [0.5, 0.6) is 0 Å². The Bertz CT molecular complexity index is 741. The average Bonchev–Trinajstić information content (AvgIpc) is 2.52.